The molecule has 0 radical (unpaired) electrons. The van der Waals surface area contributed by atoms with Crippen molar-refractivity contribution in [2.75, 3.05) is 44.2 Å². The van der Waals surface area contributed by atoms with Gasteiger partial charge >= 0.3 is 6.18 Å². The van der Waals surface area contributed by atoms with E-state index in [4.69, 9.17) is 0 Å². The Kier molecular flexibility index (Phi) is 5.55. The molecule has 2 heterocycles. The van der Waals surface area contributed by atoms with Crippen LogP contribution in [-0.2, 0) is 15.8 Å². The lowest BCUT2D eigenvalue weighted by atomic mass is 9.97. The van der Waals surface area contributed by atoms with E-state index in [1.165, 1.54) is 17.0 Å². The Morgan fingerprint density at radius 2 is 1.59 bits per heavy atom. The predicted octanol–water partition coefficient (Wildman–Crippen LogP) is 3.00. The fourth-order valence-electron chi connectivity index (χ4n) is 4.76. The van der Waals surface area contributed by atoms with Gasteiger partial charge in [0.2, 0.25) is 11.8 Å². The molecule has 1 aromatic carbocycles. The number of piperazine rings is 1. The van der Waals surface area contributed by atoms with Crippen LogP contribution in [0.5, 0.6) is 0 Å². The van der Waals surface area contributed by atoms with Crippen LogP contribution < -0.4 is 4.90 Å². The number of carbonyl (C=O) groups is 2. The number of carbonyl (C=O) groups excluding carboxylic acids is 2. The number of anilines is 1. The molecular formula is C21H26F3N3O2. The summed E-state index contributed by atoms with van der Waals surface area (Å²) in [5.41, 5.74) is -0.0262. The molecule has 2 aliphatic heterocycles. The van der Waals surface area contributed by atoms with Gasteiger partial charge in [-0.2, -0.15) is 13.2 Å². The van der Waals surface area contributed by atoms with Gasteiger partial charge < -0.3 is 4.90 Å². The van der Waals surface area contributed by atoms with Crippen LogP contribution in [0.3, 0.4) is 0 Å². The van der Waals surface area contributed by atoms with Gasteiger partial charge in [-0.3, -0.25) is 19.4 Å². The lowest BCUT2D eigenvalue weighted by molar-refractivity contribution is -0.152. The molecule has 2 unspecified atom stereocenters. The highest BCUT2D eigenvalue weighted by Crippen LogP contribution is 2.38. The van der Waals surface area contributed by atoms with Crippen LogP contribution in [0.4, 0.5) is 18.9 Å². The smallest absolute Gasteiger partial charge is 0.369 e. The zero-order valence-electron chi connectivity index (χ0n) is 16.3. The second kappa shape index (κ2) is 7.97. The number of amides is 2. The summed E-state index contributed by atoms with van der Waals surface area (Å²) in [5, 5.41) is 0. The van der Waals surface area contributed by atoms with Gasteiger partial charge in [-0.15, -0.1) is 0 Å². The summed E-state index contributed by atoms with van der Waals surface area (Å²) in [6.45, 7) is 4.08. The van der Waals surface area contributed by atoms with E-state index < -0.39 is 11.7 Å². The number of alkyl halides is 3. The lowest BCUT2D eigenvalue weighted by Gasteiger charge is -2.37. The van der Waals surface area contributed by atoms with Crippen molar-refractivity contribution >= 4 is 17.5 Å². The van der Waals surface area contributed by atoms with E-state index in [0.29, 0.717) is 25.3 Å². The molecule has 1 aromatic rings. The van der Waals surface area contributed by atoms with Crippen molar-refractivity contribution in [1.82, 2.24) is 9.80 Å². The van der Waals surface area contributed by atoms with E-state index in [0.717, 1.165) is 51.4 Å². The average Bonchev–Trinajstić information content (AvgIpc) is 3.16. The summed E-state index contributed by atoms with van der Waals surface area (Å²) in [7, 11) is 0. The number of hydrogen-bond acceptors (Lipinski definition) is 4. The summed E-state index contributed by atoms with van der Waals surface area (Å²) < 4.78 is 38.8. The molecule has 1 aliphatic carbocycles. The SMILES string of the molecule is O=C1C2CCC(C2)C(=O)N1CCCN1CCN(c2cccc(C(F)(F)F)c2)CC1. The van der Waals surface area contributed by atoms with Gasteiger partial charge in [-0.25, -0.2) is 0 Å². The Labute approximate surface area is 168 Å². The molecule has 2 bridgehead atoms. The van der Waals surface area contributed by atoms with E-state index in [1.807, 2.05) is 4.90 Å². The van der Waals surface area contributed by atoms with Gasteiger partial charge in [0.05, 0.1) is 5.56 Å². The van der Waals surface area contributed by atoms with Crippen LogP contribution in [-0.4, -0.2) is 60.9 Å². The van der Waals surface area contributed by atoms with Crippen molar-refractivity contribution in [3.63, 3.8) is 0 Å². The lowest BCUT2D eigenvalue weighted by Crippen LogP contribution is -2.49. The maximum Gasteiger partial charge on any atom is 0.416 e. The van der Waals surface area contributed by atoms with Gasteiger partial charge in [-0.1, -0.05) is 6.07 Å². The van der Waals surface area contributed by atoms with E-state index in [-0.39, 0.29) is 23.7 Å². The third-order valence-corrected chi connectivity index (χ3v) is 6.43. The maximum absolute atomic E-state index is 12.9. The quantitative estimate of drug-likeness (QED) is 0.702. The van der Waals surface area contributed by atoms with Crippen molar-refractivity contribution in [1.29, 1.82) is 0 Å². The number of benzene rings is 1. The number of halogens is 3. The standard InChI is InChI=1S/C21H26F3N3O2/c22-21(23,24)17-3-1-4-18(14-17)26-11-9-25(10-12-26)7-2-8-27-19(28)15-5-6-16(13-15)20(27)29/h1,3-4,14-16H,2,5-13H2. The first-order valence-corrected chi connectivity index (χ1v) is 10.3. The third-order valence-electron chi connectivity index (χ3n) is 6.43. The monoisotopic (exact) mass is 409 g/mol. The van der Waals surface area contributed by atoms with Gasteiger partial charge in [-0.05, 0) is 50.4 Å². The molecule has 5 nitrogen and oxygen atoms in total. The number of piperidine rings is 1. The largest absolute Gasteiger partial charge is 0.416 e. The molecule has 2 atom stereocenters. The van der Waals surface area contributed by atoms with Crippen molar-refractivity contribution < 1.29 is 22.8 Å². The highest BCUT2D eigenvalue weighted by molar-refractivity contribution is 6.00. The Balaban J connectivity index is 1.25. The molecule has 2 saturated heterocycles. The zero-order chi connectivity index (χ0) is 20.6. The number of imide groups is 1. The number of nitrogens with zero attached hydrogens (tertiary/aromatic N) is 3. The molecule has 3 fully saturated rings. The van der Waals surface area contributed by atoms with Gasteiger partial charge in [0.1, 0.15) is 0 Å². The summed E-state index contributed by atoms with van der Waals surface area (Å²) in [4.78, 5) is 30.4. The molecule has 8 heteroatoms. The second-order valence-electron chi connectivity index (χ2n) is 8.27. The van der Waals surface area contributed by atoms with Gasteiger partial charge in [0.15, 0.2) is 0 Å². The molecule has 1 saturated carbocycles. The Morgan fingerprint density at radius 3 is 2.21 bits per heavy atom. The van der Waals surface area contributed by atoms with E-state index in [9.17, 15) is 22.8 Å². The average molecular weight is 409 g/mol. The fraction of sp³-hybridized carbons (Fsp3) is 0.619. The first-order chi connectivity index (χ1) is 13.8. The Morgan fingerprint density at radius 1 is 0.931 bits per heavy atom. The minimum Gasteiger partial charge on any atom is -0.369 e. The Bertz CT molecular complexity index is 753. The van der Waals surface area contributed by atoms with E-state index >= 15 is 0 Å². The topological polar surface area (TPSA) is 43.9 Å². The Hall–Kier alpha value is -2.09. The summed E-state index contributed by atoms with van der Waals surface area (Å²) in [5.74, 6) is 0.0682. The van der Waals surface area contributed by atoms with Crippen LogP contribution in [0.15, 0.2) is 24.3 Å². The first-order valence-electron chi connectivity index (χ1n) is 10.3. The minimum atomic E-state index is -4.33. The maximum atomic E-state index is 12.9. The third kappa shape index (κ3) is 4.27. The summed E-state index contributed by atoms with van der Waals surface area (Å²) in [6.07, 6.45) is -1.20. The number of fused-ring (bicyclic) bond motifs is 2. The summed E-state index contributed by atoms with van der Waals surface area (Å²) in [6, 6.07) is 5.46. The van der Waals surface area contributed by atoms with Crippen molar-refractivity contribution in [2.45, 2.75) is 31.9 Å². The normalized spacial score (nSPS) is 25.8. The fourth-order valence-corrected chi connectivity index (χ4v) is 4.76. The summed E-state index contributed by atoms with van der Waals surface area (Å²) >= 11 is 0. The molecular weight excluding hydrogens is 383 g/mol. The van der Waals surface area contributed by atoms with Crippen LogP contribution in [0.25, 0.3) is 0 Å². The van der Waals surface area contributed by atoms with Crippen molar-refractivity contribution in [3.8, 4) is 0 Å². The molecule has 29 heavy (non-hydrogen) atoms. The number of likely N-dealkylation sites (tertiary alicyclic amines) is 1. The predicted molar refractivity (Wildman–Crippen MR) is 102 cm³/mol. The molecule has 3 aliphatic rings. The molecule has 0 aromatic heterocycles. The number of hydrogen-bond donors (Lipinski definition) is 0. The van der Waals surface area contributed by atoms with E-state index in [1.54, 1.807) is 6.07 Å². The van der Waals surface area contributed by atoms with E-state index in [2.05, 4.69) is 4.90 Å². The molecule has 4 rings (SSSR count). The van der Waals surface area contributed by atoms with Crippen molar-refractivity contribution in [2.24, 2.45) is 11.8 Å². The molecule has 0 spiro atoms. The number of rotatable bonds is 5. The highest BCUT2D eigenvalue weighted by atomic mass is 19.4. The minimum absolute atomic E-state index is 0.00174. The van der Waals surface area contributed by atoms with Crippen molar-refractivity contribution in [3.05, 3.63) is 29.8 Å². The van der Waals surface area contributed by atoms with Crippen LogP contribution in [0, 0.1) is 11.8 Å². The first kappa shape index (κ1) is 20.2. The van der Waals surface area contributed by atoms with Gasteiger partial charge in [0, 0.05) is 50.2 Å². The molecule has 0 N–H and O–H groups in total. The molecule has 158 valence electrons. The van der Waals surface area contributed by atoms with Crippen LogP contribution >= 0.6 is 0 Å². The molecule has 2 amide bonds. The zero-order valence-corrected chi connectivity index (χ0v) is 16.3. The van der Waals surface area contributed by atoms with Crippen LogP contribution in [0.2, 0.25) is 0 Å². The van der Waals surface area contributed by atoms with Gasteiger partial charge in [0.25, 0.3) is 0 Å². The highest BCUT2D eigenvalue weighted by Gasteiger charge is 2.44. The van der Waals surface area contributed by atoms with Crippen LogP contribution in [0.1, 0.15) is 31.2 Å². The second-order valence-corrected chi connectivity index (χ2v) is 8.27.